The molecule has 0 amide bonds. The van der Waals surface area contributed by atoms with E-state index < -0.39 is 0 Å². The van der Waals surface area contributed by atoms with Gasteiger partial charge in [-0.15, -0.1) is 0 Å². The fraction of sp³-hybridized carbons (Fsp3) is 0.211. The number of aryl methyl sites for hydroxylation is 3. The molecule has 0 radical (unpaired) electrons. The lowest BCUT2D eigenvalue weighted by molar-refractivity contribution is -0.681. The molecule has 0 fully saturated rings. The number of aromatic nitrogens is 1. The normalized spacial score (nSPS) is 10.9. The van der Waals surface area contributed by atoms with Gasteiger partial charge in [-0.1, -0.05) is 35.9 Å². The second-order valence-corrected chi connectivity index (χ2v) is 5.36. The van der Waals surface area contributed by atoms with Gasteiger partial charge >= 0.3 is 0 Å². The molecule has 1 heteroatoms. The minimum atomic E-state index is 0.980. The molecule has 100 valence electrons. The van der Waals surface area contributed by atoms with E-state index in [1.54, 1.807) is 0 Å². The Morgan fingerprint density at radius 3 is 2.55 bits per heavy atom. The molecule has 1 heterocycles. The summed E-state index contributed by atoms with van der Waals surface area (Å²) < 4.78 is 2.34. The molecule has 0 bridgehead atoms. The van der Waals surface area contributed by atoms with E-state index in [0.29, 0.717) is 0 Å². The topological polar surface area (TPSA) is 3.88 Å². The highest BCUT2D eigenvalue weighted by Gasteiger charge is 2.17. The van der Waals surface area contributed by atoms with Crippen molar-refractivity contribution in [1.82, 2.24) is 0 Å². The molecule has 0 aliphatic rings. The van der Waals surface area contributed by atoms with Crippen LogP contribution in [0, 0.1) is 13.8 Å². The number of pyridine rings is 1. The first kappa shape index (κ1) is 12.9. The third-order valence-electron chi connectivity index (χ3n) is 3.93. The molecule has 20 heavy (non-hydrogen) atoms. The summed E-state index contributed by atoms with van der Waals surface area (Å²) in [6.45, 7) is 7.53. The van der Waals surface area contributed by atoms with Gasteiger partial charge in [-0.2, -0.15) is 4.57 Å². The van der Waals surface area contributed by atoms with Gasteiger partial charge in [0.05, 0.1) is 5.39 Å². The summed E-state index contributed by atoms with van der Waals surface area (Å²) in [5, 5.41) is 2.62. The van der Waals surface area contributed by atoms with Crippen molar-refractivity contribution in [3.05, 3.63) is 65.9 Å². The summed E-state index contributed by atoms with van der Waals surface area (Å²) in [6, 6.07) is 17.5. The highest BCUT2D eigenvalue weighted by Crippen LogP contribution is 2.28. The molecule has 2 aromatic carbocycles. The fourth-order valence-corrected chi connectivity index (χ4v) is 2.81. The second-order valence-electron chi connectivity index (χ2n) is 5.36. The molecule has 0 unspecified atom stereocenters. The van der Waals surface area contributed by atoms with Crippen LogP contribution in [-0.2, 0) is 6.54 Å². The van der Waals surface area contributed by atoms with E-state index in [0.717, 1.165) is 6.54 Å². The van der Waals surface area contributed by atoms with Gasteiger partial charge in [0.1, 0.15) is 6.54 Å². The van der Waals surface area contributed by atoms with Gasteiger partial charge in [0.2, 0.25) is 5.69 Å². The van der Waals surface area contributed by atoms with Crippen molar-refractivity contribution in [2.45, 2.75) is 27.3 Å². The van der Waals surface area contributed by atoms with E-state index in [1.165, 1.54) is 33.2 Å². The maximum atomic E-state index is 2.34. The first-order valence-corrected chi connectivity index (χ1v) is 7.19. The van der Waals surface area contributed by atoms with E-state index >= 15 is 0 Å². The van der Waals surface area contributed by atoms with E-state index in [9.17, 15) is 0 Å². The van der Waals surface area contributed by atoms with Gasteiger partial charge in [-0.25, -0.2) is 0 Å². The Balaban J connectivity index is 2.41. The number of fused-ring (bicyclic) bond motifs is 1. The molecule has 0 aliphatic heterocycles. The van der Waals surface area contributed by atoms with Crippen LogP contribution in [0.5, 0.6) is 0 Å². The summed E-state index contributed by atoms with van der Waals surface area (Å²) in [6.07, 6.45) is 2.19. The van der Waals surface area contributed by atoms with Crippen molar-refractivity contribution < 1.29 is 4.57 Å². The quantitative estimate of drug-likeness (QED) is 0.601. The molecule has 0 spiro atoms. The molecular formula is C19H20N+. The smallest absolute Gasteiger partial charge is 0.198 e. The average molecular weight is 262 g/mol. The van der Waals surface area contributed by atoms with Crippen LogP contribution in [0.3, 0.4) is 0 Å². The number of hydrogen-bond acceptors (Lipinski definition) is 0. The van der Waals surface area contributed by atoms with Crippen LogP contribution in [0.2, 0.25) is 0 Å². The van der Waals surface area contributed by atoms with Crippen LogP contribution < -0.4 is 4.57 Å². The Hall–Kier alpha value is -2.15. The fourth-order valence-electron chi connectivity index (χ4n) is 2.81. The average Bonchev–Trinajstić information content (AvgIpc) is 2.48. The van der Waals surface area contributed by atoms with Gasteiger partial charge in [-0.3, -0.25) is 0 Å². The van der Waals surface area contributed by atoms with Crippen LogP contribution in [0.1, 0.15) is 18.1 Å². The monoisotopic (exact) mass is 262 g/mol. The van der Waals surface area contributed by atoms with E-state index in [4.69, 9.17) is 0 Å². The highest BCUT2D eigenvalue weighted by molar-refractivity contribution is 5.93. The molecule has 0 saturated heterocycles. The van der Waals surface area contributed by atoms with Crippen LogP contribution >= 0.6 is 0 Å². The molecule has 1 aromatic heterocycles. The Bertz CT molecular complexity index is 772. The van der Waals surface area contributed by atoms with Crippen LogP contribution in [0.15, 0.2) is 54.7 Å². The first-order valence-electron chi connectivity index (χ1n) is 7.19. The van der Waals surface area contributed by atoms with E-state index in [2.05, 4.69) is 80.1 Å². The van der Waals surface area contributed by atoms with Crippen LogP contribution in [0.4, 0.5) is 0 Å². The largest absolute Gasteiger partial charge is 0.220 e. The van der Waals surface area contributed by atoms with Gasteiger partial charge < -0.3 is 0 Å². The highest BCUT2D eigenvalue weighted by atomic mass is 14.9. The Labute approximate surface area is 120 Å². The SMILES string of the molecule is CC[n+]1ccc2ccccc2c1-c1cc(C)ccc1C. The van der Waals surface area contributed by atoms with Crippen molar-refractivity contribution in [3.8, 4) is 11.3 Å². The Morgan fingerprint density at radius 1 is 0.950 bits per heavy atom. The van der Waals surface area contributed by atoms with Gasteiger partial charge in [0, 0.05) is 11.6 Å². The maximum Gasteiger partial charge on any atom is 0.220 e. The van der Waals surface area contributed by atoms with Crippen molar-refractivity contribution >= 4 is 10.8 Å². The number of benzene rings is 2. The molecule has 0 saturated carbocycles. The Morgan fingerprint density at radius 2 is 1.75 bits per heavy atom. The van der Waals surface area contributed by atoms with Crippen LogP contribution in [-0.4, -0.2) is 0 Å². The van der Waals surface area contributed by atoms with Gasteiger partial charge in [0.15, 0.2) is 6.20 Å². The molecule has 0 aliphatic carbocycles. The molecule has 0 atom stereocenters. The predicted octanol–water partition coefficient (Wildman–Crippen LogP) is 4.43. The Kier molecular flexibility index (Phi) is 3.27. The second kappa shape index (κ2) is 5.09. The third-order valence-corrected chi connectivity index (χ3v) is 3.93. The van der Waals surface area contributed by atoms with Crippen molar-refractivity contribution in [2.24, 2.45) is 0 Å². The zero-order valence-electron chi connectivity index (χ0n) is 12.4. The maximum absolute atomic E-state index is 2.34. The predicted molar refractivity (Wildman–Crippen MR) is 84.7 cm³/mol. The standard InChI is InChI=1S/C19H20N/c1-4-20-12-11-16-7-5-6-8-17(16)19(20)18-13-14(2)9-10-15(18)3/h5-13H,4H2,1-3H3/q+1. The first-order chi connectivity index (χ1) is 9.70. The zero-order chi connectivity index (χ0) is 14.1. The van der Waals surface area contributed by atoms with Crippen molar-refractivity contribution in [3.63, 3.8) is 0 Å². The van der Waals surface area contributed by atoms with Gasteiger partial charge in [0.25, 0.3) is 0 Å². The van der Waals surface area contributed by atoms with Gasteiger partial charge in [-0.05, 0) is 43.9 Å². The van der Waals surface area contributed by atoms with E-state index in [1.807, 2.05) is 0 Å². The molecule has 1 nitrogen and oxygen atoms in total. The third kappa shape index (κ3) is 2.09. The summed E-state index contributed by atoms with van der Waals surface area (Å²) in [5.74, 6) is 0. The minimum absolute atomic E-state index is 0.980. The summed E-state index contributed by atoms with van der Waals surface area (Å²) in [7, 11) is 0. The molecule has 3 rings (SSSR count). The van der Waals surface area contributed by atoms with E-state index in [-0.39, 0.29) is 0 Å². The van der Waals surface area contributed by atoms with Crippen molar-refractivity contribution in [1.29, 1.82) is 0 Å². The summed E-state index contributed by atoms with van der Waals surface area (Å²) in [5.41, 5.74) is 5.30. The lowest BCUT2D eigenvalue weighted by atomic mass is 9.98. The number of nitrogens with zero attached hydrogens (tertiary/aromatic N) is 1. The summed E-state index contributed by atoms with van der Waals surface area (Å²) >= 11 is 0. The van der Waals surface area contributed by atoms with Crippen LogP contribution in [0.25, 0.3) is 22.0 Å². The number of rotatable bonds is 2. The molecule has 3 aromatic rings. The van der Waals surface area contributed by atoms with Crippen molar-refractivity contribution in [2.75, 3.05) is 0 Å². The molecular weight excluding hydrogens is 242 g/mol. The molecule has 0 N–H and O–H groups in total. The summed E-state index contributed by atoms with van der Waals surface area (Å²) in [4.78, 5) is 0. The lowest BCUT2D eigenvalue weighted by Crippen LogP contribution is -2.34. The number of hydrogen-bond donors (Lipinski definition) is 0. The lowest BCUT2D eigenvalue weighted by Gasteiger charge is -2.10. The zero-order valence-corrected chi connectivity index (χ0v) is 12.4. The minimum Gasteiger partial charge on any atom is -0.198 e.